The molecule has 10 rings (SSSR count). The standard InChI is InChI=1S/C39H22N4S2/c1-3-11-23(12-4-1)37-40-38(24-13-5-2-6-14-24)42-39(41-37)43-31-17-9-7-15-25(31)29-22-34-30(21-32(29)43)28-20-19-27-26-16-8-10-18-33(26)44-35(27)36(28)45-34/h1-22H. The van der Waals surface area contributed by atoms with Crippen LogP contribution < -0.4 is 0 Å². The molecular weight excluding hydrogens is 589 g/mol. The van der Waals surface area contributed by atoms with Crippen molar-refractivity contribution in [1.82, 2.24) is 19.5 Å². The fourth-order valence-electron chi connectivity index (χ4n) is 6.59. The summed E-state index contributed by atoms with van der Waals surface area (Å²) in [6, 6.07) is 46.9. The van der Waals surface area contributed by atoms with E-state index in [4.69, 9.17) is 15.0 Å². The lowest BCUT2D eigenvalue weighted by molar-refractivity contribution is 0.954. The summed E-state index contributed by atoms with van der Waals surface area (Å²) in [4.78, 5) is 15.2. The molecule has 210 valence electrons. The van der Waals surface area contributed by atoms with Crippen molar-refractivity contribution in [2.24, 2.45) is 0 Å². The van der Waals surface area contributed by atoms with E-state index in [0.717, 1.165) is 22.2 Å². The van der Waals surface area contributed by atoms with Gasteiger partial charge in [-0.2, -0.15) is 9.97 Å². The molecule has 0 N–H and O–H groups in total. The van der Waals surface area contributed by atoms with Crippen molar-refractivity contribution >= 4 is 84.8 Å². The van der Waals surface area contributed by atoms with E-state index in [0.29, 0.717) is 17.6 Å². The maximum atomic E-state index is 5.11. The van der Waals surface area contributed by atoms with Crippen LogP contribution in [0.25, 0.3) is 90.9 Å². The minimum atomic E-state index is 0.611. The Morgan fingerprint density at radius 1 is 0.400 bits per heavy atom. The monoisotopic (exact) mass is 610 g/mol. The van der Waals surface area contributed by atoms with Crippen molar-refractivity contribution in [3.05, 3.63) is 133 Å². The first-order valence-corrected chi connectivity index (χ1v) is 16.5. The molecule has 0 atom stereocenters. The highest BCUT2D eigenvalue weighted by Crippen LogP contribution is 2.46. The molecule has 6 aromatic carbocycles. The summed E-state index contributed by atoms with van der Waals surface area (Å²) in [6.07, 6.45) is 0. The van der Waals surface area contributed by atoms with E-state index in [1.807, 2.05) is 59.1 Å². The molecule has 4 aromatic heterocycles. The molecular formula is C39H22N4S2. The smallest absolute Gasteiger partial charge is 0.238 e. The molecule has 0 bridgehead atoms. The van der Waals surface area contributed by atoms with Gasteiger partial charge in [-0.05, 0) is 24.3 Å². The highest BCUT2D eigenvalue weighted by atomic mass is 32.1. The van der Waals surface area contributed by atoms with Crippen molar-refractivity contribution in [3.8, 4) is 28.7 Å². The lowest BCUT2D eigenvalue weighted by Gasteiger charge is -2.11. The number of thiophene rings is 2. The average molecular weight is 611 g/mol. The Balaban J connectivity index is 1.29. The van der Waals surface area contributed by atoms with Crippen molar-refractivity contribution in [3.63, 3.8) is 0 Å². The van der Waals surface area contributed by atoms with Gasteiger partial charge in [0.15, 0.2) is 11.6 Å². The maximum Gasteiger partial charge on any atom is 0.238 e. The number of hydrogen-bond donors (Lipinski definition) is 0. The summed E-state index contributed by atoms with van der Waals surface area (Å²) in [5.41, 5.74) is 4.07. The van der Waals surface area contributed by atoms with Crippen molar-refractivity contribution < 1.29 is 0 Å². The highest BCUT2D eigenvalue weighted by molar-refractivity contribution is 7.33. The van der Waals surface area contributed by atoms with Crippen LogP contribution in [-0.2, 0) is 0 Å². The first-order valence-electron chi connectivity index (χ1n) is 14.9. The number of nitrogens with zero attached hydrogens (tertiary/aromatic N) is 4. The molecule has 4 heterocycles. The molecule has 0 aliphatic rings. The van der Waals surface area contributed by atoms with Crippen LogP contribution in [0.4, 0.5) is 0 Å². The second kappa shape index (κ2) is 9.53. The second-order valence-electron chi connectivity index (χ2n) is 11.3. The Hall–Kier alpha value is -5.43. The fraction of sp³-hybridized carbons (Fsp3) is 0. The van der Waals surface area contributed by atoms with Gasteiger partial charge in [0.05, 0.1) is 20.4 Å². The van der Waals surface area contributed by atoms with Crippen LogP contribution in [0.1, 0.15) is 0 Å². The van der Waals surface area contributed by atoms with Crippen LogP contribution in [0.5, 0.6) is 0 Å². The summed E-state index contributed by atoms with van der Waals surface area (Å²) >= 11 is 3.79. The molecule has 0 fully saturated rings. The predicted octanol–water partition coefficient (Wildman–Crippen LogP) is 11.0. The average Bonchev–Trinajstić information content (AvgIpc) is 3.77. The van der Waals surface area contributed by atoms with Gasteiger partial charge >= 0.3 is 0 Å². The van der Waals surface area contributed by atoms with Gasteiger partial charge in [-0.1, -0.05) is 109 Å². The summed E-state index contributed by atoms with van der Waals surface area (Å²) in [5, 5.41) is 7.59. The minimum absolute atomic E-state index is 0.611. The molecule has 0 radical (unpaired) electrons. The molecule has 0 saturated heterocycles. The van der Waals surface area contributed by atoms with Gasteiger partial charge in [0.25, 0.3) is 0 Å². The Morgan fingerprint density at radius 3 is 1.69 bits per heavy atom. The number of benzene rings is 6. The Bertz CT molecular complexity index is 2700. The summed E-state index contributed by atoms with van der Waals surface area (Å²) < 4.78 is 7.55. The van der Waals surface area contributed by atoms with E-state index in [2.05, 4.69) is 102 Å². The summed E-state index contributed by atoms with van der Waals surface area (Å²) in [7, 11) is 0. The largest absolute Gasteiger partial charge is 0.278 e. The minimum Gasteiger partial charge on any atom is -0.278 e. The van der Waals surface area contributed by atoms with E-state index in [9.17, 15) is 0 Å². The number of aromatic nitrogens is 4. The highest BCUT2D eigenvalue weighted by Gasteiger charge is 2.20. The third-order valence-electron chi connectivity index (χ3n) is 8.67. The number of hydrogen-bond acceptors (Lipinski definition) is 5. The Morgan fingerprint density at radius 2 is 0.978 bits per heavy atom. The Labute approximate surface area is 265 Å². The van der Waals surface area contributed by atoms with Crippen molar-refractivity contribution in [1.29, 1.82) is 0 Å². The van der Waals surface area contributed by atoms with Crippen LogP contribution in [0.15, 0.2) is 133 Å². The van der Waals surface area contributed by atoms with Crippen molar-refractivity contribution in [2.75, 3.05) is 0 Å². The third-order valence-corrected chi connectivity index (χ3v) is 11.2. The number of rotatable bonds is 3. The van der Waals surface area contributed by atoms with E-state index in [-0.39, 0.29) is 0 Å². The molecule has 45 heavy (non-hydrogen) atoms. The lowest BCUT2D eigenvalue weighted by atomic mass is 10.1. The SMILES string of the molecule is c1ccc(-c2nc(-c3ccccc3)nc(-n3c4ccccc4c4cc5sc6c(ccc7c8ccccc8sc76)c5cc43)n2)cc1. The van der Waals surface area contributed by atoms with E-state index < -0.39 is 0 Å². The fourth-order valence-corrected chi connectivity index (χ4v) is 9.15. The van der Waals surface area contributed by atoms with Gasteiger partial charge in [-0.25, -0.2) is 4.98 Å². The zero-order chi connectivity index (χ0) is 29.5. The predicted molar refractivity (Wildman–Crippen MR) is 191 cm³/mol. The van der Waals surface area contributed by atoms with E-state index in [1.165, 1.54) is 51.1 Å². The van der Waals surface area contributed by atoms with Gasteiger partial charge < -0.3 is 0 Å². The molecule has 0 unspecified atom stereocenters. The molecule has 6 heteroatoms. The molecule has 0 saturated carbocycles. The molecule has 0 amide bonds. The number of para-hydroxylation sites is 1. The molecule has 10 aromatic rings. The second-order valence-corrected chi connectivity index (χ2v) is 13.4. The maximum absolute atomic E-state index is 5.11. The number of fused-ring (bicyclic) bond motifs is 10. The normalized spacial score (nSPS) is 12.0. The lowest BCUT2D eigenvalue weighted by Crippen LogP contribution is -2.06. The first kappa shape index (κ1) is 25.0. The summed E-state index contributed by atoms with van der Waals surface area (Å²) in [6.45, 7) is 0. The summed E-state index contributed by atoms with van der Waals surface area (Å²) in [5.74, 6) is 1.92. The van der Waals surface area contributed by atoms with Crippen LogP contribution in [0.3, 0.4) is 0 Å². The van der Waals surface area contributed by atoms with Gasteiger partial charge in [0.1, 0.15) is 0 Å². The van der Waals surface area contributed by atoms with E-state index >= 15 is 0 Å². The first-order chi connectivity index (χ1) is 22.3. The zero-order valence-corrected chi connectivity index (χ0v) is 25.4. The topological polar surface area (TPSA) is 43.6 Å². The van der Waals surface area contributed by atoms with Crippen LogP contribution in [-0.4, -0.2) is 19.5 Å². The third kappa shape index (κ3) is 3.73. The molecule has 0 aliphatic heterocycles. The van der Waals surface area contributed by atoms with E-state index in [1.54, 1.807) is 0 Å². The molecule has 0 aliphatic carbocycles. The Kier molecular flexibility index (Phi) is 5.29. The quantitative estimate of drug-likeness (QED) is 0.200. The van der Waals surface area contributed by atoms with Gasteiger partial charge in [-0.15, -0.1) is 22.7 Å². The van der Waals surface area contributed by atoms with Crippen LogP contribution in [0.2, 0.25) is 0 Å². The van der Waals surface area contributed by atoms with Crippen LogP contribution in [0, 0.1) is 0 Å². The van der Waals surface area contributed by atoms with Crippen molar-refractivity contribution in [2.45, 2.75) is 0 Å². The molecule has 4 nitrogen and oxygen atoms in total. The van der Waals surface area contributed by atoms with Gasteiger partial charge in [0, 0.05) is 52.8 Å². The zero-order valence-electron chi connectivity index (χ0n) is 23.8. The van der Waals surface area contributed by atoms with Gasteiger partial charge in [0.2, 0.25) is 5.95 Å². The van der Waals surface area contributed by atoms with Gasteiger partial charge in [-0.3, -0.25) is 4.57 Å². The molecule has 0 spiro atoms. The van der Waals surface area contributed by atoms with Crippen LogP contribution >= 0.6 is 22.7 Å².